The van der Waals surface area contributed by atoms with Crippen molar-refractivity contribution in [3.63, 3.8) is 0 Å². The Morgan fingerprint density at radius 2 is 1.94 bits per heavy atom. The Balaban J connectivity index is 3.29. The van der Waals surface area contributed by atoms with E-state index < -0.39 is 35.1 Å². The van der Waals surface area contributed by atoms with E-state index in [0.29, 0.717) is 6.07 Å². The van der Waals surface area contributed by atoms with Crippen LogP contribution in [0.2, 0.25) is 0 Å². The summed E-state index contributed by atoms with van der Waals surface area (Å²) in [5.74, 6) is -4.51. The average Bonchev–Trinajstić information content (AvgIpc) is 2.08. The van der Waals surface area contributed by atoms with E-state index in [4.69, 9.17) is 10.8 Å². The minimum atomic E-state index is -5.10. The lowest BCUT2D eigenvalue weighted by atomic mass is 10.1. The first kappa shape index (κ1) is 12.1. The third-order valence-corrected chi connectivity index (χ3v) is 1.57. The summed E-state index contributed by atoms with van der Waals surface area (Å²) >= 11 is 0. The van der Waals surface area contributed by atoms with Crippen molar-refractivity contribution in [3.05, 3.63) is 23.5 Å². The molecule has 0 aliphatic carbocycles. The number of aromatic carboxylic acids is 1. The summed E-state index contributed by atoms with van der Waals surface area (Å²) in [5.41, 5.74) is 3.19. The van der Waals surface area contributed by atoms with Crippen LogP contribution < -0.4 is 10.5 Å². The molecule has 4 nitrogen and oxygen atoms in total. The first-order valence-electron chi connectivity index (χ1n) is 3.79. The summed E-state index contributed by atoms with van der Waals surface area (Å²) in [6.07, 6.45) is -5.10. The molecule has 0 unspecified atom stereocenters. The van der Waals surface area contributed by atoms with E-state index >= 15 is 0 Å². The van der Waals surface area contributed by atoms with Crippen molar-refractivity contribution in [3.8, 4) is 5.75 Å². The summed E-state index contributed by atoms with van der Waals surface area (Å²) in [6.45, 7) is 0. The molecule has 0 amide bonds. The second-order valence-electron chi connectivity index (χ2n) is 2.69. The Labute approximate surface area is 86.2 Å². The van der Waals surface area contributed by atoms with Crippen LogP contribution in [0.5, 0.6) is 5.75 Å². The molecule has 8 heteroatoms. The molecule has 0 aliphatic rings. The van der Waals surface area contributed by atoms with E-state index in [0.717, 1.165) is 6.07 Å². The number of nitrogen functional groups attached to an aromatic ring is 1. The third-order valence-electron chi connectivity index (χ3n) is 1.57. The molecule has 0 fully saturated rings. The van der Waals surface area contributed by atoms with Crippen LogP contribution in [0, 0.1) is 5.82 Å². The van der Waals surface area contributed by atoms with Gasteiger partial charge in [-0.05, 0) is 12.1 Å². The Kier molecular flexibility index (Phi) is 2.92. The summed E-state index contributed by atoms with van der Waals surface area (Å²) in [6, 6.07) is 1.41. The molecule has 0 bridgehead atoms. The fraction of sp³-hybridized carbons (Fsp3) is 0.125. The highest BCUT2D eigenvalue weighted by Crippen LogP contribution is 2.30. The number of carbonyl (C=O) groups is 1. The van der Waals surface area contributed by atoms with Gasteiger partial charge in [0, 0.05) is 0 Å². The maximum absolute atomic E-state index is 13.1. The Bertz CT molecular complexity index is 430. The number of ether oxygens (including phenoxy) is 1. The van der Waals surface area contributed by atoms with Gasteiger partial charge in [-0.2, -0.15) is 0 Å². The maximum atomic E-state index is 13.1. The van der Waals surface area contributed by atoms with Gasteiger partial charge in [0.05, 0.1) is 5.69 Å². The lowest BCUT2D eigenvalue weighted by molar-refractivity contribution is -0.274. The van der Waals surface area contributed by atoms with Crippen LogP contribution in [0.25, 0.3) is 0 Å². The van der Waals surface area contributed by atoms with Crippen molar-refractivity contribution in [2.24, 2.45) is 0 Å². The van der Waals surface area contributed by atoms with Crippen LogP contribution in [0.15, 0.2) is 12.1 Å². The van der Waals surface area contributed by atoms with Gasteiger partial charge in [-0.25, -0.2) is 9.18 Å². The van der Waals surface area contributed by atoms with Crippen LogP contribution in [0.4, 0.5) is 23.2 Å². The summed E-state index contributed by atoms with van der Waals surface area (Å²) < 4.78 is 52.0. The van der Waals surface area contributed by atoms with Crippen LogP contribution in [-0.4, -0.2) is 17.4 Å². The molecule has 0 aliphatic heterocycles. The van der Waals surface area contributed by atoms with Gasteiger partial charge in [0.2, 0.25) is 0 Å². The van der Waals surface area contributed by atoms with E-state index in [1.54, 1.807) is 0 Å². The molecule has 88 valence electrons. The predicted molar refractivity (Wildman–Crippen MR) is 44.5 cm³/mol. The Hall–Kier alpha value is -1.99. The molecule has 1 aromatic rings. The Morgan fingerprint density at radius 3 is 2.38 bits per heavy atom. The lowest BCUT2D eigenvalue weighted by Crippen LogP contribution is -2.20. The number of nitrogens with two attached hydrogens (primary N) is 1. The molecule has 0 aromatic heterocycles. The standard InChI is InChI=1S/C8H5F4NO3/c9-6-3(13)1-2-4(5(6)7(14)15)16-8(10,11)12/h1-2H,13H2,(H,14,15). The van der Waals surface area contributed by atoms with E-state index in [1.807, 2.05) is 0 Å². The summed E-state index contributed by atoms with van der Waals surface area (Å²) in [4.78, 5) is 10.5. The van der Waals surface area contributed by atoms with Gasteiger partial charge in [0.25, 0.3) is 0 Å². The van der Waals surface area contributed by atoms with Gasteiger partial charge in [-0.1, -0.05) is 0 Å². The smallest absolute Gasteiger partial charge is 0.477 e. The molecule has 0 spiro atoms. The topological polar surface area (TPSA) is 72.5 Å². The molecule has 1 rings (SSSR count). The number of carboxylic acids is 1. The Morgan fingerprint density at radius 1 is 1.38 bits per heavy atom. The second kappa shape index (κ2) is 3.87. The zero-order valence-electron chi connectivity index (χ0n) is 7.51. The second-order valence-corrected chi connectivity index (χ2v) is 2.69. The number of rotatable bonds is 2. The largest absolute Gasteiger partial charge is 0.573 e. The van der Waals surface area contributed by atoms with Gasteiger partial charge in [0.1, 0.15) is 11.3 Å². The van der Waals surface area contributed by atoms with Crippen LogP contribution in [0.3, 0.4) is 0 Å². The van der Waals surface area contributed by atoms with E-state index in [1.165, 1.54) is 0 Å². The van der Waals surface area contributed by atoms with E-state index in [-0.39, 0.29) is 0 Å². The van der Waals surface area contributed by atoms with Crippen LogP contribution >= 0.6 is 0 Å². The highest BCUT2D eigenvalue weighted by molar-refractivity contribution is 5.92. The van der Waals surface area contributed by atoms with Gasteiger partial charge < -0.3 is 15.6 Å². The monoisotopic (exact) mass is 239 g/mol. The maximum Gasteiger partial charge on any atom is 0.573 e. The quantitative estimate of drug-likeness (QED) is 0.611. The molecular weight excluding hydrogens is 234 g/mol. The van der Waals surface area contributed by atoms with Crippen molar-refractivity contribution >= 4 is 11.7 Å². The van der Waals surface area contributed by atoms with Crippen molar-refractivity contribution in [1.29, 1.82) is 0 Å². The first-order chi connectivity index (χ1) is 7.22. The number of carboxylic acid groups (broad SMARTS) is 1. The SMILES string of the molecule is Nc1ccc(OC(F)(F)F)c(C(=O)O)c1F. The molecule has 16 heavy (non-hydrogen) atoms. The number of halogens is 4. The fourth-order valence-electron chi connectivity index (χ4n) is 0.983. The van der Waals surface area contributed by atoms with E-state index in [2.05, 4.69) is 4.74 Å². The van der Waals surface area contributed by atoms with Gasteiger partial charge in [0.15, 0.2) is 5.82 Å². The van der Waals surface area contributed by atoms with Crippen molar-refractivity contribution < 1.29 is 32.2 Å². The van der Waals surface area contributed by atoms with Gasteiger partial charge in [-0.15, -0.1) is 13.2 Å². The summed E-state index contributed by atoms with van der Waals surface area (Å²) in [7, 11) is 0. The average molecular weight is 239 g/mol. The zero-order valence-corrected chi connectivity index (χ0v) is 7.51. The third kappa shape index (κ3) is 2.53. The molecular formula is C8H5F4NO3. The number of benzene rings is 1. The summed E-state index contributed by atoms with van der Waals surface area (Å²) in [5, 5.41) is 8.52. The zero-order chi connectivity index (χ0) is 12.5. The van der Waals surface area contributed by atoms with Crippen molar-refractivity contribution in [1.82, 2.24) is 0 Å². The minimum Gasteiger partial charge on any atom is -0.477 e. The highest BCUT2D eigenvalue weighted by Gasteiger charge is 2.34. The molecule has 0 atom stereocenters. The van der Waals surface area contributed by atoms with Crippen LogP contribution in [0.1, 0.15) is 10.4 Å². The normalized spacial score (nSPS) is 11.2. The van der Waals surface area contributed by atoms with Crippen molar-refractivity contribution in [2.75, 3.05) is 5.73 Å². The molecule has 0 heterocycles. The lowest BCUT2D eigenvalue weighted by Gasteiger charge is -2.12. The van der Waals surface area contributed by atoms with E-state index in [9.17, 15) is 22.4 Å². The fourth-order valence-corrected chi connectivity index (χ4v) is 0.983. The van der Waals surface area contributed by atoms with Crippen molar-refractivity contribution in [2.45, 2.75) is 6.36 Å². The minimum absolute atomic E-state index is 0.577. The highest BCUT2D eigenvalue weighted by atomic mass is 19.4. The first-order valence-corrected chi connectivity index (χ1v) is 3.79. The molecule has 1 aromatic carbocycles. The molecule has 0 radical (unpaired) electrons. The molecule has 0 saturated carbocycles. The number of hydrogen-bond donors (Lipinski definition) is 2. The molecule has 3 N–H and O–H groups in total. The van der Waals surface area contributed by atoms with Gasteiger partial charge >= 0.3 is 12.3 Å². The number of anilines is 1. The number of hydrogen-bond acceptors (Lipinski definition) is 3. The van der Waals surface area contributed by atoms with Crippen LogP contribution in [-0.2, 0) is 0 Å². The molecule has 0 saturated heterocycles. The van der Waals surface area contributed by atoms with Gasteiger partial charge in [-0.3, -0.25) is 0 Å². The number of alkyl halides is 3. The predicted octanol–water partition coefficient (Wildman–Crippen LogP) is 2.00.